The number of rotatable bonds is 5. The van der Waals surface area contributed by atoms with Crippen molar-refractivity contribution in [2.45, 2.75) is 0 Å². The van der Waals surface area contributed by atoms with Gasteiger partial charge in [0, 0.05) is 5.56 Å². The lowest BCUT2D eigenvalue weighted by atomic mass is 10.1. The molecule has 3 heteroatoms. The fourth-order valence-electron chi connectivity index (χ4n) is 2.10. The average molecular weight is 294 g/mol. The maximum absolute atomic E-state index is 12.0. The van der Waals surface area contributed by atoms with Gasteiger partial charge in [0.2, 0.25) is 5.78 Å². The number of carbonyl (C=O) groups is 1. The summed E-state index contributed by atoms with van der Waals surface area (Å²) in [6, 6.07) is 21.5. The van der Waals surface area contributed by atoms with Crippen molar-refractivity contribution in [2.75, 3.05) is 6.61 Å². The summed E-state index contributed by atoms with van der Waals surface area (Å²) < 4.78 is 5.73. The van der Waals surface area contributed by atoms with Gasteiger partial charge < -0.3 is 4.74 Å². The molecule has 0 saturated heterocycles. The lowest BCUT2D eigenvalue weighted by Crippen LogP contribution is -2.10. The van der Waals surface area contributed by atoms with E-state index in [0.29, 0.717) is 0 Å². The number of para-hydroxylation sites is 1. The van der Waals surface area contributed by atoms with Gasteiger partial charge in [0.1, 0.15) is 5.75 Å². The minimum Gasteiger partial charge on any atom is -0.485 e. The van der Waals surface area contributed by atoms with Gasteiger partial charge in [0.25, 0.3) is 0 Å². The molecule has 0 radical (unpaired) electrons. The monoisotopic (exact) mass is 294 g/mol. The first-order valence-corrected chi connectivity index (χ1v) is 7.56. The summed E-state index contributed by atoms with van der Waals surface area (Å²) in [5.41, 5.74) is 2.08. The zero-order valence-electron chi connectivity index (χ0n) is 11.4. The number of thiophene rings is 1. The van der Waals surface area contributed by atoms with Crippen LogP contribution in [0.1, 0.15) is 9.67 Å². The van der Waals surface area contributed by atoms with Crippen LogP contribution in [-0.4, -0.2) is 12.4 Å². The zero-order chi connectivity index (χ0) is 14.5. The molecule has 0 N–H and O–H groups in total. The van der Waals surface area contributed by atoms with Crippen molar-refractivity contribution in [3.63, 3.8) is 0 Å². The van der Waals surface area contributed by atoms with Gasteiger partial charge in [-0.2, -0.15) is 0 Å². The van der Waals surface area contributed by atoms with Crippen LogP contribution in [0, 0.1) is 0 Å². The topological polar surface area (TPSA) is 26.3 Å². The fourth-order valence-corrected chi connectivity index (χ4v) is 2.75. The van der Waals surface area contributed by atoms with Crippen molar-refractivity contribution in [1.82, 2.24) is 0 Å². The van der Waals surface area contributed by atoms with Crippen molar-refractivity contribution in [3.05, 3.63) is 77.0 Å². The van der Waals surface area contributed by atoms with Gasteiger partial charge in [-0.3, -0.25) is 4.79 Å². The van der Waals surface area contributed by atoms with Crippen LogP contribution in [0.15, 0.2) is 72.1 Å². The van der Waals surface area contributed by atoms with Crippen molar-refractivity contribution in [3.8, 4) is 16.9 Å². The number of hydrogen-bond donors (Lipinski definition) is 0. The number of hydrogen-bond acceptors (Lipinski definition) is 3. The molecule has 1 heterocycles. The van der Waals surface area contributed by atoms with Gasteiger partial charge in [-0.25, -0.2) is 0 Å². The quantitative estimate of drug-likeness (QED) is 0.639. The second-order valence-electron chi connectivity index (χ2n) is 4.55. The Labute approximate surface area is 127 Å². The number of Topliss-reactive ketones (excluding diaryl/α,β-unsaturated/α-hetero) is 1. The molecule has 2 aromatic carbocycles. The van der Waals surface area contributed by atoms with E-state index in [4.69, 9.17) is 4.74 Å². The van der Waals surface area contributed by atoms with Gasteiger partial charge in [0.05, 0.1) is 4.88 Å². The SMILES string of the molecule is O=C(COc1ccccc1-c1ccccc1)c1cccs1. The molecule has 0 bridgehead atoms. The largest absolute Gasteiger partial charge is 0.485 e. The van der Waals surface area contributed by atoms with Crippen LogP contribution in [0.2, 0.25) is 0 Å². The van der Waals surface area contributed by atoms with Gasteiger partial charge in [0.15, 0.2) is 6.61 Å². The summed E-state index contributed by atoms with van der Waals surface area (Å²) in [5, 5.41) is 1.89. The molecule has 3 rings (SSSR count). The highest BCUT2D eigenvalue weighted by Crippen LogP contribution is 2.29. The van der Waals surface area contributed by atoms with Crippen LogP contribution in [0.3, 0.4) is 0 Å². The Morgan fingerprint density at radius 1 is 0.905 bits per heavy atom. The molecule has 0 atom stereocenters. The van der Waals surface area contributed by atoms with Crippen molar-refractivity contribution in [1.29, 1.82) is 0 Å². The summed E-state index contributed by atoms with van der Waals surface area (Å²) in [5.74, 6) is 0.737. The van der Waals surface area contributed by atoms with Gasteiger partial charge >= 0.3 is 0 Å². The van der Waals surface area contributed by atoms with Crippen LogP contribution in [0.4, 0.5) is 0 Å². The third kappa shape index (κ3) is 3.20. The first kappa shape index (κ1) is 13.6. The molecule has 21 heavy (non-hydrogen) atoms. The van der Waals surface area contributed by atoms with E-state index >= 15 is 0 Å². The Kier molecular flexibility index (Phi) is 4.12. The van der Waals surface area contributed by atoms with E-state index in [9.17, 15) is 4.79 Å². The minimum atomic E-state index is 0.00728. The summed E-state index contributed by atoms with van der Waals surface area (Å²) in [7, 11) is 0. The molecule has 104 valence electrons. The van der Waals surface area contributed by atoms with Gasteiger partial charge in [-0.1, -0.05) is 54.6 Å². The summed E-state index contributed by atoms with van der Waals surface area (Å²) in [6.45, 7) is 0.0599. The Morgan fingerprint density at radius 2 is 1.67 bits per heavy atom. The number of benzene rings is 2. The van der Waals surface area contributed by atoms with Crippen molar-refractivity contribution in [2.24, 2.45) is 0 Å². The predicted octanol–water partition coefficient (Wildman–Crippen LogP) is 4.68. The first-order valence-electron chi connectivity index (χ1n) is 6.68. The predicted molar refractivity (Wildman–Crippen MR) is 86.0 cm³/mol. The normalized spacial score (nSPS) is 10.3. The smallest absolute Gasteiger partial charge is 0.210 e. The highest BCUT2D eigenvalue weighted by atomic mass is 32.1. The molecule has 1 aromatic heterocycles. The second kappa shape index (κ2) is 6.37. The highest BCUT2D eigenvalue weighted by molar-refractivity contribution is 7.12. The maximum Gasteiger partial charge on any atom is 0.210 e. The molecule has 0 aliphatic carbocycles. The fraction of sp³-hybridized carbons (Fsp3) is 0.0556. The molecule has 0 aliphatic heterocycles. The second-order valence-corrected chi connectivity index (χ2v) is 5.50. The molecular weight excluding hydrogens is 280 g/mol. The zero-order valence-corrected chi connectivity index (χ0v) is 12.2. The highest BCUT2D eigenvalue weighted by Gasteiger charge is 2.10. The van der Waals surface area contributed by atoms with Crippen LogP contribution < -0.4 is 4.74 Å². The van der Waals surface area contributed by atoms with E-state index in [2.05, 4.69) is 0 Å². The number of ether oxygens (including phenoxy) is 1. The third-order valence-corrected chi connectivity index (χ3v) is 4.04. The van der Waals surface area contributed by atoms with Crippen LogP contribution >= 0.6 is 11.3 Å². The molecule has 0 amide bonds. The lowest BCUT2D eigenvalue weighted by Gasteiger charge is -2.10. The molecule has 0 fully saturated rings. The summed E-state index contributed by atoms with van der Waals surface area (Å²) >= 11 is 1.44. The van der Waals surface area contributed by atoms with Gasteiger partial charge in [-0.05, 0) is 23.1 Å². The standard InChI is InChI=1S/C18H14O2S/c19-16(18-11-6-12-21-18)13-20-17-10-5-4-9-15(17)14-7-2-1-3-8-14/h1-12H,13H2. The van der Waals surface area contributed by atoms with Crippen molar-refractivity contribution < 1.29 is 9.53 Å². The van der Waals surface area contributed by atoms with Gasteiger partial charge in [-0.15, -0.1) is 11.3 Å². The van der Waals surface area contributed by atoms with E-state index in [1.165, 1.54) is 11.3 Å². The Bertz CT molecular complexity index is 718. The lowest BCUT2D eigenvalue weighted by molar-refractivity contribution is 0.0926. The Hall–Kier alpha value is -2.39. The molecule has 0 saturated carbocycles. The molecule has 0 spiro atoms. The molecule has 0 unspecified atom stereocenters. The van der Waals surface area contributed by atoms with E-state index < -0.39 is 0 Å². The third-order valence-electron chi connectivity index (χ3n) is 3.13. The molecule has 2 nitrogen and oxygen atoms in total. The minimum absolute atomic E-state index is 0.00728. The summed E-state index contributed by atoms with van der Waals surface area (Å²) in [6.07, 6.45) is 0. The van der Waals surface area contributed by atoms with Crippen molar-refractivity contribution >= 4 is 17.1 Å². The Balaban J connectivity index is 1.79. The van der Waals surface area contributed by atoms with Crippen LogP contribution in [0.5, 0.6) is 5.75 Å². The van der Waals surface area contributed by atoms with E-state index in [-0.39, 0.29) is 12.4 Å². The van der Waals surface area contributed by atoms with Crippen LogP contribution in [0.25, 0.3) is 11.1 Å². The van der Waals surface area contributed by atoms with E-state index in [0.717, 1.165) is 21.8 Å². The first-order chi connectivity index (χ1) is 10.3. The summed E-state index contributed by atoms with van der Waals surface area (Å²) in [4.78, 5) is 12.7. The molecule has 0 aliphatic rings. The molecule has 3 aromatic rings. The maximum atomic E-state index is 12.0. The Morgan fingerprint density at radius 3 is 2.43 bits per heavy atom. The van der Waals surface area contributed by atoms with E-state index in [1.54, 1.807) is 0 Å². The average Bonchev–Trinajstić information content (AvgIpc) is 3.08. The van der Waals surface area contributed by atoms with E-state index in [1.807, 2.05) is 72.1 Å². The number of carbonyl (C=O) groups excluding carboxylic acids is 1. The molecular formula is C18H14O2S. The van der Waals surface area contributed by atoms with Crippen LogP contribution in [-0.2, 0) is 0 Å². The number of ketones is 1.